The molecule has 0 amide bonds. The molecule has 0 aromatic rings. The Morgan fingerprint density at radius 1 is 0.920 bits per heavy atom. The predicted molar refractivity (Wildman–Crippen MR) is 100 cm³/mol. The van der Waals surface area contributed by atoms with E-state index in [1.165, 1.54) is 6.08 Å². The smallest absolute Gasteiger partial charge is 0.303 e. The van der Waals surface area contributed by atoms with Crippen molar-refractivity contribution in [3.05, 3.63) is 60.8 Å². The molecule has 4 N–H and O–H groups in total. The van der Waals surface area contributed by atoms with Crippen LogP contribution in [0.4, 0.5) is 0 Å². The zero-order valence-electron chi connectivity index (χ0n) is 14.7. The van der Waals surface area contributed by atoms with Gasteiger partial charge in [-0.05, 0) is 25.7 Å². The quantitative estimate of drug-likeness (QED) is 0.302. The van der Waals surface area contributed by atoms with Crippen LogP contribution in [0, 0.1) is 0 Å². The highest BCUT2D eigenvalue weighted by atomic mass is 16.4. The van der Waals surface area contributed by atoms with Crippen molar-refractivity contribution in [3.8, 4) is 0 Å². The van der Waals surface area contributed by atoms with Crippen molar-refractivity contribution in [1.82, 2.24) is 0 Å². The van der Waals surface area contributed by atoms with Gasteiger partial charge >= 0.3 is 5.97 Å². The minimum atomic E-state index is -1.02. The van der Waals surface area contributed by atoms with E-state index >= 15 is 0 Å². The van der Waals surface area contributed by atoms with Crippen LogP contribution in [-0.4, -0.2) is 44.7 Å². The first-order chi connectivity index (χ1) is 12.0. The van der Waals surface area contributed by atoms with Gasteiger partial charge in [-0.2, -0.15) is 0 Å². The fourth-order valence-corrected chi connectivity index (χ4v) is 1.87. The number of carbonyl (C=O) groups is 1. The lowest BCUT2D eigenvalue weighted by atomic mass is 10.1. The number of carboxylic acids is 1. The molecule has 3 unspecified atom stereocenters. The number of allylic oxidation sites excluding steroid dienone is 7. The minimum absolute atomic E-state index is 0.0186. The van der Waals surface area contributed by atoms with Crippen LogP contribution in [0.25, 0.3) is 0 Å². The van der Waals surface area contributed by atoms with Gasteiger partial charge in [0, 0.05) is 6.42 Å². The molecule has 0 saturated heterocycles. The van der Waals surface area contributed by atoms with Crippen molar-refractivity contribution < 1.29 is 25.2 Å². The monoisotopic (exact) mass is 350 g/mol. The van der Waals surface area contributed by atoms with E-state index < -0.39 is 24.3 Å². The highest BCUT2D eigenvalue weighted by Gasteiger charge is 2.12. The Balaban J connectivity index is 4.02. The highest BCUT2D eigenvalue weighted by molar-refractivity contribution is 5.66. The lowest BCUT2D eigenvalue weighted by Crippen LogP contribution is -2.23. The molecule has 3 atom stereocenters. The van der Waals surface area contributed by atoms with Crippen molar-refractivity contribution in [1.29, 1.82) is 0 Å². The first-order valence-electron chi connectivity index (χ1n) is 8.56. The molecular weight excluding hydrogens is 320 g/mol. The van der Waals surface area contributed by atoms with Crippen LogP contribution >= 0.6 is 0 Å². The summed E-state index contributed by atoms with van der Waals surface area (Å²) < 4.78 is 0. The van der Waals surface area contributed by atoms with Crippen LogP contribution in [0.5, 0.6) is 0 Å². The van der Waals surface area contributed by atoms with E-state index in [0.717, 1.165) is 6.42 Å². The van der Waals surface area contributed by atoms with Gasteiger partial charge in [-0.15, -0.1) is 0 Å². The molecule has 0 aromatic heterocycles. The Bertz CT molecular complexity index is 488. The summed E-state index contributed by atoms with van der Waals surface area (Å²) in [6.45, 7) is 2.04. The number of aliphatic hydroxyl groups excluding tert-OH is 3. The van der Waals surface area contributed by atoms with Gasteiger partial charge in [0.15, 0.2) is 0 Å². The number of aliphatic hydroxyl groups is 3. The summed E-state index contributed by atoms with van der Waals surface area (Å²) in [4.78, 5) is 10.4. The molecule has 0 aromatic carbocycles. The van der Waals surface area contributed by atoms with Crippen molar-refractivity contribution in [2.24, 2.45) is 0 Å². The lowest BCUT2D eigenvalue weighted by molar-refractivity contribution is -0.137. The topological polar surface area (TPSA) is 98.0 Å². The Kier molecular flexibility index (Phi) is 14.4. The van der Waals surface area contributed by atoms with E-state index in [-0.39, 0.29) is 12.8 Å². The van der Waals surface area contributed by atoms with Crippen LogP contribution < -0.4 is 0 Å². The van der Waals surface area contributed by atoms with E-state index in [0.29, 0.717) is 12.8 Å². The SMILES string of the molecule is CC/C=C/CC(O)/C=C/C=C/C=C/C=C/C(O)C(O)CCCC(=O)O. The molecule has 0 radical (unpaired) electrons. The van der Waals surface area contributed by atoms with Gasteiger partial charge in [0.05, 0.1) is 18.3 Å². The molecule has 140 valence electrons. The Morgan fingerprint density at radius 2 is 1.52 bits per heavy atom. The lowest BCUT2D eigenvalue weighted by Gasteiger charge is -2.13. The molecule has 0 rings (SSSR count). The maximum Gasteiger partial charge on any atom is 0.303 e. The van der Waals surface area contributed by atoms with E-state index in [1.54, 1.807) is 42.5 Å². The highest BCUT2D eigenvalue weighted by Crippen LogP contribution is 2.06. The average molecular weight is 350 g/mol. The van der Waals surface area contributed by atoms with Crippen LogP contribution in [0.2, 0.25) is 0 Å². The van der Waals surface area contributed by atoms with Gasteiger partial charge < -0.3 is 20.4 Å². The zero-order chi connectivity index (χ0) is 18.9. The first kappa shape index (κ1) is 23.1. The molecule has 25 heavy (non-hydrogen) atoms. The molecule has 5 heteroatoms. The van der Waals surface area contributed by atoms with Gasteiger partial charge in [0.1, 0.15) is 0 Å². The summed E-state index contributed by atoms with van der Waals surface area (Å²) in [6, 6.07) is 0. The maximum absolute atomic E-state index is 10.4. The van der Waals surface area contributed by atoms with Gasteiger partial charge in [-0.1, -0.05) is 67.7 Å². The van der Waals surface area contributed by atoms with Gasteiger partial charge in [-0.25, -0.2) is 0 Å². The predicted octanol–water partition coefficient (Wildman–Crippen LogP) is 2.91. The zero-order valence-corrected chi connectivity index (χ0v) is 14.7. The van der Waals surface area contributed by atoms with Gasteiger partial charge in [-0.3, -0.25) is 4.79 Å². The second-order valence-electron chi connectivity index (χ2n) is 5.57. The van der Waals surface area contributed by atoms with Crippen molar-refractivity contribution in [3.63, 3.8) is 0 Å². The van der Waals surface area contributed by atoms with Gasteiger partial charge in [0.2, 0.25) is 0 Å². The maximum atomic E-state index is 10.4. The number of rotatable bonds is 13. The van der Waals surface area contributed by atoms with Crippen molar-refractivity contribution >= 4 is 5.97 Å². The minimum Gasteiger partial charge on any atom is -0.481 e. The van der Waals surface area contributed by atoms with E-state index in [1.807, 2.05) is 19.1 Å². The third kappa shape index (κ3) is 15.3. The summed E-state index contributed by atoms with van der Waals surface area (Å²) in [5, 5.41) is 37.5. The summed E-state index contributed by atoms with van der Waals surface area (Å²) in [7, 11) is 0. The number of aliphatic carboxylic acids is 1. The molecule has 0 aliphatic carbocycles. The number of hydrogen-bond donors (Lipinski definition) is 4. The van der Waals surface area contributed by atoms with Crippen LogP contribution in [0.1, 0.15) is 39.0 Å². The molecule has 5 nitrogen and oxygen atoms in total. The molecule has 0 fully saturated rings. The number of carboxylic acid groups (broad SMARTS) is 1. The Morgan fingerprint density at radius 3 is 2.12 bits per heavy atom. The third-order valence-corrected chi connectivity index (χ3v) is 3.26. The van der Waals surface area contributed by atoms with Crippen molar-refractivity contribution in [2.75, 3.05) is 0 Å². The molecule has 0 spiro atoms. The molecule has 0 heterocycles. The molecule has 0 aliphatic heterocycles. The fourth-order valence-electron chi connectivity index (χ4n) is 1.87. The molecule has 0 saturated carbocycles. The second-order valence-corrected chi connectivity index (χ2v) is 5.57. The van der Waals surface area contributed by atoms with E-state index in [9.17, 15) is 20.1 Å². The summed E-state index contributed by atoms with van der Waals surface area (Å²) >= 11 is 0. The average Bonchev–Trinajstić information content (AvgIpc) is 2.56. The van der Waals surface area contributed by atoms with Crippen LogP contribution in [0.15, 0.2) is 60.8 Å². The normalized spacial score (nSPS) is 16.6. The first-order valence-corrected chi connectivity index (χ1v) is 8.56. The molecule has 0 bridgehead atoms. The molecular formula is C20H30O5. The van der Waals surface area contributed by atoms with E-state index in [4.69, 9.17) is 5.11 Å². The van der Waals surface area contributed by atoms with Crippen LogP contribution in [0.3, 0.4) is 0 Å². The third-order valence-electron chi connectivity index (χ3n) is 3.26. The summed E-state index contributed by atoms with van der Waals surface area (Å²) in [6.07, 6.45) is 17.2. The van der Waals surface area contributed by atoms with Gasteiger partial charge in [0.25, 0.3) is 0 Å². The summed E-state index contributed by atoms with van der Waals surface area (Å²) in [5.41, 5.74) is 0. The standard InChI is InChI=1S/C20H30O5/c1-2-3-8-12-17(21)13-9-6-4-5-7-10-14-18(22)19(23)15-11-16-20(24)25/h3-10,13-14,17-19,21-23H,2,11-12,15-16H2,1H3,(H,24,25)/b6-4+,7-5+,8-3+,13-9+,14-10+. The Labute approximate surface area is 150 Å². The fraction of sp³-hybridized carbons (Fsp3) is 0.450. The van der Waals surface area contributed by atoms with E-state index in [2.05, 4.69) is 0 Å². The molecule has 0 aliphatic rings. The van der Waals surface area contributed by atoms with Crippen LogP contribution in [-0.2, 0) is 4.79 Å². The van der Waals surface area contributed by atoms with Crippen molar-refractivity contribution in [2.45, 2.75) is 57.3 Å². The largest absolute Gasteiger partial charge is 0.481 e. The number of hydrogen-bond acceptors (Lipinski definition) is 4. The summed E-state index contributed by atoms with van der Waals surface area (Å²) in [5.74, 6) is -0.911. The second kappa shape index (κ2) is 15.6. The Hall–Kier alpha value is -1.95.